The zero-order valence-electron chi connectivity index (χ0n) is 18.4. The minimum Gasteiger partial charge on any atom is -0.497 e. The largest absolute Gasteiger partial charge is 0.497 e. The van der Waals surface area contributed by atoms with Gasteiger partial charge >= 0.3 is 5.97 Å². The highest BCUT2D eigenvalue weighted by Gasteiger charge is 2.32. The smallest absolute Gasteiger partial charge is 0.307 e. The number of hydrogen-bond acceptors (Lipinski definition) is 8. The van der Waals surface area contributed by atoms with Crippen LogP contribution in [0.4, 0.5) is 5.82 Å². The van der Waals surface area contributed by atoms with E-state index >= 15 is 0 Å². The molecule has 10 nitrogen and oxygen atoms in total. The number of tetrazole rings is 1. The van der Waals surface area contributed by atoms with Crippen LogP contribution in [-0.2, 0) is 17.8 Å². The van der Waals surface area contributed by atoms with E-state index in [1.54, 1.807) is 20.4 Å². The van der Waals surface area contributed by atoms with Crippen LogP contribution in [0.3, 0.4) is 0 Å². The van der Waals surface area contributed by atoms with Crippen LogP contribution in [0.1, 0.15) is 42.6 Å². The van der Waals surface area contributed by atoms with Crippen LogP contribution in [0.25, 0.3) is 0 Å². The Morgan fingerprint density at radius 3 is 2.44 bits per heavy atom. The van der Waals surface area contributed by atoms with Crippen molar-refractivity contribution in [2.24, 2.45) is 5.92 Å². The minimum atomic E-state index is -0.860. The Bertz CT molecular complexity index is 972. The molecule has 0 amide bonds. The third-order valence-corrected chi connectivity index (χ3v) is 5.26. The molecule has 0 aliphatic carbocycles. The number of anilines is 1. The number of rotatable bonds is 12. The number of nitrogens with one attached hydrogen (secondary N) is 2. The molecule has 0 saturated carbocycles. The molecule has 0 spiro atoms. The molecule has 3 rings (SSSR count). The summed E-state index contributed by atoms with van der Waals surface area (Å²) in [6.45, 7) is 2.51. The molecule has 0 aliphatic heterocycles. The van der Waals surface area contributed by atoms with Crippen LogP contribution in [0.5, 0.6) is 11.5 Å². The molecule has 3 aromatic rings. The Balaban J connectivity index is 1.69. The maximum Gasteiger partial charge on any atom is 0.307 e. The van der Waals surface area contributed by atoms with Gasteiger partial charge in [-0.2, -0.15) is 5.21 Å². The normalized spacial score (nSPS) is 12.7. The van der Waals surface area contributed by atoms with E-state index in [2.05, 4.69) is 30.9 Å². The lowest BCUT2D eigenvalue weighted by Crippen LogP contribution is -2.25. The number of carboxylic acids is 1. The highest BCUT2D eigenvalue weighted by Crippen LogP contribution is 2.30. The number of H-pyrrole nitrogens is 1. The van der Waals surface area contributed by atoms with Crippen molar-refractivity contribution in [3.8, 4) is 11.5 Å². The Morgan fingerprint density at radius 1 is 1.16 bits per heavy atom. The van der Waals surface area contributed by atoms with Gasteiger partial charge < -0.3 is 19.9 Å². The number of aromatic nitrogens is 5. The number of benzene rings is 1. The molecule has 2 aromatic heterocycles. The van der Waals surface area contributed by atoms with Gasteiger partial charge in [-0.1, -0.05) is 24.6 Å². The first-order valence-corrected chi connectivity index (χ1v) is 10.4. The van der Waals surface area contributed by atoms with Gasteiger partial charge in [-0.15, -0.1) is 10.2 Å². The van der Waals surface area contributed by atoms with Crippen LogP contribution in [0.15, 0.2) is 36.5 Å². The van der Waals surface area contributed by atoms with Gasteiger partial charge in [0.2, 0.25) is 0 Å². The topological polar surface area (TPSA) is 135 Å². The molecule has 170 valence electrons. The monoisotopic (exact) mass is 440 g/mol. The van der Waals surface area contributed by atoms with Gasteiger partial charge in [-0.3, -0.25) is 4.79 Å². The first kappa shape index (κ1) is 23.0. The molecule has 0 aliphatic rings. The summed E-state index contributed by atoms with van der Waals surface area (Å²) in [7, 11) is 3.23. The number of carboxylic acid groups (broad SMARTS) is 1. The van der Waals surface area contributed by atoms with Crippen molar-refractivity contribution in [3.05, 3.63) is 53.5 Å². The summed E-state index contributed by atoms with van der Waals surface area (Å²) in [5, 5.41) is 27.1. The fourth-order valence-corrected chi connectivity index (χ4v) is 3.61. The molecule has 0 unspecified atom stereocenters. The number of pyridine rings is 1. The van der Waals surface area contributed by atoms with Crippen LogP contribution >= 0.6 is 0 Å². The third-order valence-electron chi connectivity index (χ3n) is 5.26. The van der Waals surface area contributed by atoms with E-state index in [-0.39, 0.29) is 0 Å². The SMILES string of the molecule is CCC[C@H](C(=O)O)[C@H](Cc1ccc(NCc2cc(OC)cc(OC)c2)nc1)c1nn[nH]n1. The molecule has 10 heteroatoms. The highest BCUT2D eigenvalue weighted by molar-refractivity contribution is 5.71. The Labute approximate surface area is 186 Å². The molecule has 0 radical (unpaired) electrons. The van der Waals surface area contributed by atoms with Gasteiger partial charge in [-0.25, -0.2) is 4.98 Å². The van der Waals surface area contributed by atoms with Crippen molar-refractivity contribution < 1.29 is 19.4 Å². The molecular weight excluding hydrogens is 412 g/mol. The second-order valence-corrected chi connectivity index (χ2v) is 7.44. The first-order valence-electron chi connectivity index (χ1n) is 10.4. The number of aliphatic carboxylic acids is 1. The summed E-state index contributed by atoms with van der Waals surface area (Å²) >= 11 is 0. The van der Waals surface area contributed by atoms with Gasteiger partial charge in [0.05, 0.1) is 20.1 Å². The second-order valence-electron chi connectivity index (χ2n) is 7.44. The molecule has 1 aromatic carbocycles. The molecule has 2 heterocycles. The Morgan fingerprint density at radius 2 is 1.91 bits per heavy atom. The van der Waals surface area contributed by atoms with E-state index in [1.165, 1.54) is 0 Å². The lowest BCUT2D eigenvalue weighted by molar-refractivity contribution is -0.142. The first-order chi connectivity index (χ1) is 15.5. The van der Waals surface area contributed by atoms with E-state index in [4.69, 9.17) is 9.47 Å². The lowest BCUT2D eigenvalue weighted by Gasteiger charge is -2.21. The van der Waals surface area contributed by atoms with Crippen molar-refractivity contribution in [2.75, 3.05) is 19.5 Å². The van der Waals surface area contributed by atoms with E-state index in [0.29, 0.717) is 31.0 Å². The number of nitrogens with zero attached hydrogens (tertiary/aromatic N) is 4. The molecule has 0 saturated heterocycles. The predicted molar refractivity (Wildman–Crippen MR) is 118 cm³/mol. The highest BCUT2D eigenvalue weighted by atomic mass is 16.5. The van der Waals surface area contributed by atoms with Crippen molar-refractivity contribution >= 4 is 11.8 Å². The van der Waals surface area contributed by atoms with Gasteiger partial charge in [0.1, 0.15) is 17.3 Å². The van der Waals surface area contributed by atoms with Crippen LogP contribution in [0, 0.1) is 5.92 Å². The molecule has 3 N–H and O–H groups in total. The van der Waals surface area contributed by atoms with E-state index in [1.807, 2.05) is 37.3 Å². The number of methoxy groups -OCH3 is 2. The average molecular weight is 441 g/mol. The second kappa shape index (κ2) is 11.1. The number of hydrogen-bond donors (Lipinski definition) is 3. The third kappa shape index (κ3) is 5.93. The van der Waals surface area contributed by atoms with Crippen molar-refractivity contribution in [1.82, 2.24) is 25.6 Å². The van der Waals surface area contributed by atoms with Gasteiger partial charge in [0.25, 0.3) is 0 Å². The fourth-order valence-electron chi connectivity index (χ4n) is 3.61. The Hall–Kier alpha value is -3.69. The summed E-state index contributed by atoms with van der Waals surface area (Å²) in [6, 6.07) is 9.48. The Kier molecular flexibility index (Phi) is 7.96. The van der Waals surface area contributed by atoms with Crippen LogP contribution in [0.2, 0.25) is 0 Å². The zero-order chi connectivity index (χ0) is 22.9. The summed E-state index contributed by atoms with van der Waals surface area (Å²) in [4.78, 5) is 16.3. The fraction of sp³-hybridized carbons (Fsp3) is 0.409. The van der Waals surface area contributed by atoms with E-state index < -0.39 is 17.8 Å². The molecule has 0 fully saturated rings. The summed E-state index contributed by atoms with van der Waals surface area (Å²) in [6.07, 6.45) is 3.48. The average Bonchev–Trinajstić information content (AvgIpc) is 3.35. The maximum atomic E-state index is 11.9. The van der Waals surface area contributed by atoms with Crippen molar-refractivity contribution in [3.63, 3.8) is 0 Å². The molecule has 32 heavy (non-hydrogen) atoms. The molecule has 2 atom stereocenters. The van der Waals surface area contributed by atoms with Crippen LogP contribution in [-0.4, -0.2) is 50.9 Å². The van der Waals surface area contributed by atoms with Gasteiger partial charge in [-0.05, 0) is 42.2 Å². The summed E-state index contributed by atoms with van der Waals surface area (Å²) in [5.41, 5.74) is 1.89. The quantitative estimate of drug-likeness (QED) is 0.388. The standard InChI is InChI=1S/C22H28N6O4/c1-4-5-18(22(29)30)19(21-25-27-28-26-21)10-14-6-7-20(23-12-14)24-13-15-8-16(31-2)11-17(9-15)32-3/h6-9,11-12,18-19H,4-5,10,13H2,1-3H3,(H,23,24)(H,29,30)(H,25,26,27,28)/t18-,19-/m0/s1. The number of carbonyl (C=O) groups is 1. The predicted octanol–water partition coefficient (Wildman–Crippen LogP) is 3.05. The molecule has 0 bridgehead atoms. The number of ether oxygens (including phenoxy) is 2. The van der Waals surface area contributed by atoms with Crippen LogP contribution < -0.4 is 14.8 Å². The zero-order valence-corrected chi connectivity index (χ0v) is 18.4. The minimum absolute atomic E-state index is 0.393. The number of aromatic amines is 1. The summed E-state index contributed by atoms with van der Waals surface area (Å²) < 4.78 is 10.6. The van der Waals surface area contributed by atoms with E-state index in [0.717, 1.165) is 29.0 Å². The molecular formula is C22H28N6O4. The lowest BCUT2D eigenvalue weighted by atomic mass is 9.83. The van der Waals surface area contributed by atoms with Crippen molar-refractivity contribution in [1.29, 1.82) is 0 Å². The van der Waals surface area contributed by atoms with Gasteiger partial charge in [0, 0.05) is 24.7 Å². The maximum absolute atomic E-state index is 11.9. The van der Waals surface area contributed by atoms with E-state index in [9.17, 15) is 9.90 Å². The summed E-state index contributed by atoms with van der Waals surface area (Å²) in [5.74, 6) is 0.695. The van der Waals surface area contributed by atoms with Gasteiger partial charge in [0.15, 0.2) is 5.82 Å². The van der Waals surface area contributed by atoms with Crippen molar-refractivity contribution in [2.45, 2.75) is 38.6 Å².